The highest BCUT2D eigenvalue weighted by Crippen LogP contribution is 2.22. The minimum atomic E-state index is -0.00898. The highest BCUT2D eigenvalue weighted by molar-refractivity contribution is 6.31. The van der Waals surface area contributed by atoms with Gasteiger partial charge in [0.05, 0.1) is 0 Å². The normalized spacial score (nSPS) is 10.6. The fourth-order valence-electron chi connectivity index (χ4n) is 1.40. The van der Waals surface area contributed by atoms with Crippen LogP contribution in [0.4, 0.5) is 5.69 Å². The topological polar surface area (TPSA) is 29.1 Å². The second-order valence-electron chi connectivity index (χ2n) is 4.20. The van der Waals surface area contributed by atoms with Crippen molar-refractivity contribution in [2.45, 2.75) is 33.6 Å². The second kappa shape index (κ2) is 5.90. The molecule has 0 radical (unpaired) electrons. The summed E-state index contributed by atoms with van der Waals surface area (Å²) in [7, 11) is 0. The number of amides is 1. The summed E-state index contributed by atoms with van der Waals surface area (Å²) in [6.07, 6.45) is 1.98. The van der Waals surface area contributed by atoms with Gasteiger partial charge in [-0.15, -0.1) is 0 Å². The SMILES string of the molecule is CCCc1cc(NC(=O)C(C)C)ccc1Cl. The third kappa shape index (κ3) is 3.53. The van der Waals surface area contributed by atoms with Gasteiger partial charge in [0.2, 0.25) is 5.91 Å². The summed E-state index contributed by atoms with van der Waals surface area (Å²) in [5.74, 6) is 0.0232. The van der Waals surface area contributed by atoms with Crippen LogP contribution in [0.3, 0.4) is 0 Å². The molecule has 0 aliphatic rings. The number of hydrogen-bond acceptors (Lipinski definition) is 1. The molecule has 1 aromatic carbocycles. The van der Waals surface area contributed by atoms with E-state index in [1.807, 2.05) is 32.0 Å². The van der Waals surface area contributed by atoms with E-state index < -0.39 is 0 Å². The summed E-state index contributed by atoms with van der Waals surface area (Å²) >= 11 is 6.06. The van der Waals surface area contributed by atoms with E-state index in [0.29, 0.717) is 0 Å². The van der Waals surface area contributed by atoms with Gasteiger partial charge in [-0.1, -0.05) is 38.8 Å². The van der Waals surface area contributed by atoms with Crippen LogP contribution in [0.1, 0.15) is 32.8 Å². The molecule has 0 spiro atoms. The Morgan fingerprint density at radius 3 is 2.69 bits per heavy atom. The molecule has 0 saturated heterocycles. The van der Waals surface area contributed by atoms with Crippen molar-refractivity contribution < 1.29 is 4.79 Å². The van der Waals surface area contributed by atoms with Crippen molar-refractivity contribution in [3.8, 4) is 0 Å². The highest BCUT2D eigenvalue weighted by atomic mass is 35.5. The summed E-state index contributed by atoms with van der Waals surface area (Å²) < 4.78 is 0. The van der Waals surface area contributed by atoms with E-state index in [-0.39, 0.29) is 11.8 Å². The molecule has 16 heavy (non-hydrogen) atoms. The maximum atomic E-state index is 11.5. The van der Waals surface area contributed by atoms with Gasteiger partial charge in [0.25, 0.3) is 0 Å². The Balaban J connectivity index is 2.82. The Kier molecular flexibility index (Phi) is 4.81. The van der Waals surface area contributed by atoms with Gasteiger partial charge >= 0.3 is 0 Å². The number of halogens is 1. The van der Waals surface area contributed by atoms with Gasteiger partial charge in [0.1, 0.15) is 0 Å². The van der Waals surface area contributed by atoms with Gasteiger partial charge in [-0.2, -0.15) is 0 Å². The Labute approximate surface area is 102 Å². The molecule has 2 nitrogen and oxygen atoms in total. The van der Waals surface area contributed by atoms with Gasteiger partial charge in [0, 0.05) is 16.6 Å². The molecule has 0 fully saturated rings. The first-order valence-electron chi connectivity index (χ1n) is 5.64. The molecule has 0 aliphatic carbocycles. The van der Waals surface area contributed by atoms with Crippen molar-refractivity contribution in [3.05, 3.63) is 28.8 Å². The Hall–Kier alpha value is -1.02. The summed E-state index contributed by atoms with van der Waals surface area (Å²) in [6.45, 7) is 5.85. The number of aryl methyl sites for hydroxylation is 1. The molecule has 1 N–H and O–H groups in total. The van der Waals surface area contributed by atoms with Crippen LogP contribution in [0.2, 0.25) is 5.02 Å². The molecule has 3 heteroatoms. The summed E-state index contributed by atoms with van der Waals surface area (Å²) in [6, 6.07) is 5.62. The minimum Gasteiger partial charge on any atom is -0.326 e. The van der Waals surface area contributed by atoms with Gasteiger partial charge in [0.15, 0.2) is 0 Å². The van der Waals surface area contributed by atoms with Crippen LogP contribution in [-0.2, 0) is 11.2 Å². The quantitative estimate of drug-likeness (QED) is 0.849. The summed E-state index contributed by atoms with van der Waals surface area (Å²) in [4.78, 5) is 11.5. The van der Waals surface area contributed by atoms with E-state index in [0.717, 1.165) is 29.1 Å². The van der Waals surface area contributed by atoms with Crippen LogP contribution < -0.4 is 5.32 Å². The minimum absolute atomic E-state index is 0.00898. The van der Waals surface area contributed by atoms with Crippen molar-refractivity contribution in [1.82, 2.24) is 0 Å². The lowest BCUT2D eigenvalue weighted by Crippen LogP contribution is -2.17. The number of nitrogens with one attached hydrogen (secondary N) is 1. The van der Waals surface area contributed by atoms with E-state index >= 15 is 0 Å². The van der Waals surface area contributed by atoms with E-state index in [4.69, 9.17) is 11.6 Å². The zero-order valence-corrected chi connectivity index (χ0v) is 10.8. The Bertz CT molecular complexity index is 374. The van der Waals surface area contributed by atoms with Gasteiger partial charge in [-0.25, -0.2) is 0 Å². The van der Waals surface area contributed by atoms with E-state index in [9.17, 15) is 4.79 Å². The maximum Gasteiger partial charge on any atom is 0.226 e. The number of benzene rings is 1. The zero-order chi connectivity index (χ0) is 12.1. The third-order valence-corrected chi connectivity index (χ3v) is 2.73. The fourth-order valence-corrected chi connectivity index (χ4v) is 1.61. The van der Waals surface area contributed by atoms with Gasteiger partial charge in [-0.3, -0.25) is 4.79 Å². The average Bonchev–Trinajstić information content (AvgIpc) is 2.23. The first-order valence-corrected chi connectivity index (χ1v) is 6.01. The van der Waals surface area contributed by atoms with Crippen LogP contribution >= 0.6 is 11.6 Å². The number of carbonyl (C=O) groups excluding carboxylic acids is 1. The van der Waals surface area contributed by atoms with E-state index in [1.54, 1.807) is 0 Å². The van der Waals surface area contributed by atoms with Crippen molar-refractivity contribution in [2.75, 3.05) is 5.32 Å². The van der Waals surface area contributed by atoms with Gasteiger partial charge in [-0.05, 0) is 30.2 Å². The summed E-state index contributed by atoms with van der Waals surface area (Å²) in [5.41, 5.74) is 1.91. The van der Waals surface area contributed by atoms with Crippen LogP contribution in [0, 0.1) is 5.92 Å². The molecule has 0 bridgehead atoms. The number of hydrogen-bond donors (Lipinski definition) is 1. The Morgan fingerprint density at radius 2 is 2.12 bits per heavy atom. The predicted molar refractivity (Wildman–Crippen MR) is 68.9 cm³/mol. The third-order valence-electron chi connectivity index (χ3n) is 2.36. The zero-order valence-electron chi connectivity index (χ0n) is 10.0. The number of anilines is 1. The summed E-state index contributed by atoms with van der Waals surface area (Å²) in [5, 5.41) is 3.64. The van der Waals surface area contributed by atoms with Gasteiger partial charge < -0.3 is 5.32 Å². The highest BCUT2D eigenvalue weighted by Gasteiger charge is 2.08. The largest absolute Gasteiger partial charge is 0.326 e. The molecule has 0 heterocycles. The predicted octanol–water partition coefficient (Wildman–Crippen LogP) is 3.89. The average molecular weight is 240 g/mol. The molecular formula is C13H18ClNO. The van der Waals surface area contributed by atoms with Crippen molar-refractivity contribution >= 4 is 23.2 Å². The van der Waals surface area contributed by atoms with E-state index in [2.05, 4.69) is 12.2 Å². The number of rotatable bonds is 4. The smallest absolute Gasteiger partial charge is 0.226 e. The molecule has 88 valence electrons. The molecule has 0 aliphatic heterocycles. The van der Waals surface area contributed by atoms with Crippen LogP contribution in [0.5, 0.6) is 0 Å². The first kappa shape index (κ1) is 13.0. The Morgan fingerprint density at radius 1 is 1.44 bits per heavy atom. The molecular weight excluding hydrogens is 222 g/mol. The van der Waals surface area contributed by atoms with E-state index in [1.165, 1.54) is 0 Å². The maximum absolute atomic E-state index is 11.5. The first-order chi connectivity index (χ1) is 7.54. The number of carbonyl (C=O) groups is 1. The van der Waals surface area contributed by atoms with Crippen LogP contribution in [0.15, 0.2) is 18.2 Å². The lowest BCUT2D eigenvalue weighted by Gasteiger charge is -2.10. The van der Waals surface area contributed by atoms with Crippen molar-refractivity contribution in [3.63, 3.8) is 0 Å². The van der Waals surface area contributed by atoms with Crippen molar-refractivity contribution in [1.29, 1.82) is 0 Å². The molecule has 0 aromatic heterocycles. The molecule has 0 unspecified atom stereocenters. The van der Waals surface area contributed by atoms with Crippen LogP contribution in [0.25, 0.3) is 0 Å². The fraction of sp³-hybridized carbons (Fsp3) is 0.462. The molecule has 1 rings (SSSR count). The molecule has 1 aromatic rings. The van der Waals surface area contributed by atoms with Crippen molar-refractivity contribution in [2.24, 2.45) is 5.92 Å². The lowest BCUT2D eigenvalue weighted by atomic mass is 10.1. The molecule has 0 atom stereocenters. The molecule has 1 amide bonds. The standard InChI is InChI=1S/C13H18ClNO/c1-4-5-10-8-11(6-7-12(10)14)15-13(16)9(2)3/h6-9H,4-5H2,1-3H3,(H,15,16). The second-order valence-corrected chi connectivity index (χ2v) is 4.61. The molecule has 0 saturated carbocycles. The van der Waals surface area contributed by atoms with Crippen LogP contribution in [-0.4, -0.2) is 5.91 Å². The lowest BCUT2D eigenvalue weighted by molar-refractivity contribution is -0.118. The monoisotopic (exact) mass is 239 g/mol.